The van der Waals surface area contributed by atoms with Crippen LogP contribution in [-0.2, 0) is 20.7 Å². The zero-order valence-electron chi connectivity index (χ0n) is 23.6. The largest absolute Gasteiger partial charge is 0.443 e. The molecule has 0 radical (unpaired) electrons. The van der Waals surface area contributed by atoms with E-state index < -0.39 is 46.1 Å². The highest BCUT2D eigenvalue weighted by atomic mass is 19.1. The first-order chi connectivity index (χ1) is 20.1. The van der Waals surface area contributed by atoms with Gasteiger partial charge in [0.2, 0.25) is 5.91 Å². The monoisotopic (exact) mass is 581 g/mol. The number of benzene rings is 2. The van der Waals surface area contributed by atoms with Gasteiger partial charge in [-0.3, -0.25) is 19.7 Å². The third kappa shape index (κ3) is 6.88. The number of hydrogen-bond donors (Lipinski definition) is 2. The number of nitro groups is 1. The second-order valence-corrected chi connectivity index (χ2v) is 12.0. The van der Waals surface area contributed by atoms with Crippen LogP contribution < -0.4 is 15.4 Å². The van der Waals surface area contributed by atoms with Crippen LogP contribution in [0, 0.1) is 33.7 Å². The number of carbonyl (C=O) groups excluding carboxylic acids is 3. The Labute approximate surface area is 243 Å². The number of para-hydroxylation sites is 1. The van der Waals surface area contributed by atoms with Crippen molar-refractivity contribution in [1.29, 1.82) is 0 Å². The summed E-state index contributed by atoms with van der Waals surface area (Å²) in [7, 11) is 0. The number of nitro benzene ring substituents is 1. The van der Waals surface area contributed by atoms with E-state index in [0.29, 0.717) is 29.7 Å². The predicted molar refractivity (Wildman–Crippen MR) is 151 cm³/mol. The molecule has 1 atom stereocenters. The van der Waals surface area contributed by atoms with Crippen LogP contribution in [0.1, 0.15) is 70.3 Å². The van der Waals surface area contributed by atoms with Crippen LogP contribution >= 0.6 is 0 Å². The number of non-ortho nitro benzene ring substituents is 1. The molecule has 0 aliphatic heterocycles. The van der Waals surface area contributed by atoms with E-state index in [4.69, 9.17) is 9.47 Å². The van der Waals surface area contributed by atoms with Crippen LogP contribution in [0.4, 0.5) is 20.6 Å². The third-order valence-corrected chi connectivity index (χ3v) is 8.66. The minimum atomic E-state index is -1.17. The first-order valence-corrected chi connectivity index (χ1v) is 14.7. The Balaban J connectivity index is 1.33. The van der Waals surface area contributed by atoms with E-state index >= 15 is 0 Å². The summed E-state index contributed by atoms with van der Waals surface area (Å²) in [4.78, 5) is 49.6. The highest BCUT2D eigenvalue weighted by Crippen LogP contribution is 2.57. The first-order valence-electron chi connectivity index (χ1n) is 14.7. The van der Waals surface area contributed by atoms with Gasteiger partial charge in [-0.1, -0.05) is 31.5 Å². The molecule has 2 aromatic carbocycles. The number of ether oxygens (including phenoxy) is 2. The van der Waals surface area contributed by atoms with Gasteiger partial charge in [-0.05, 0) is 80.4 Å². The Morgan fingerprint density at radius 2 is 1.69 bits per heavy atom. The Morgan fingerprint density at radius 3 is 2.29 bits per heavy atom. The Hall–Kier alpha value is -4.02. The maximum absolute atomic E-state index is 14.7. The number of unbranched alkanes of at least 4 members (excludes halogenated alkanes) is 1. The first kappa shape index (κ1) is 29.5. The van der Waals surface area contributed by atoms with Crippen LogP contribution in [0.25, 0.3) is 0 Å². The molecule has 0 heterocycles. The molecule has 4 aliphatic carbocycles. The molecule has 6 rings (SSSR count). The fourth-order valence-corrected chi connectivity index (χ4v) is 7.14. The molecule has 42 heavy (non-hydrogen) atoms. The fraction of sp³-hybridized carbons (Fsp3) is 0.516. The quantitative estimate of drug-likeness (QED) is 0.142. The van der Waals surface area contributed by atoms with Crippen LogP contribution in [0.2, 0.25) is 0 Å². The number of rotatable bonds is 11. The average molecular weight is 582 g/mol. The van der Waals surface area contributed by atoms with Crippen LogP contribution in [0.3, 0.4) is 0 Å². The van der Waals surface area contributed by atoms with Crippen molar-refractivity contribution < 1.29 is 33.2 Å². The number of amides is 2. The number of nitrogens with one attached hydrogen (secondary N) is 2. The maximum atomic E-state index is 14.7. The highest BCUT2D eigenvalue weighted by molar-refractivity contribution is 5.98. The van der Waals surface area contributed by atoms with E-state index in [9.17, 15) is 28.9 Å². The summed E-state index contributed by atoms with van der Waals surface area (Å²) in [5.41, 5.74) is -0.144. The second kappa shape index (κ2) is 12.5. The molecule has 10 nitrogen and oxygen atoms in total. The van der Waals surface area contributed by atoms with Crippen molar-refractivity contribution in [3.05, 3.63) is 64.0 Å². The number of anilines is 1. The molecule has 11 heteroatoms. The number of hydrogen-bond acceptors (Lipinski definition) is 7. The van der Waals surface area contributed by atoms with Gasteiger partial charge in [-0.2, -0.15) is 0 Å². The van der Waals surface area contributed by atoms with Gasteiger partial charge in [-0.25, -0.2) is 9.18 Å². The normalized spacial score (nSPS) is 24.5. The average Bonchev–Trinajstić information content (AvgIpc) is 2.92. The molecule has 0 aromatic heterocycles. The van der Waals surface area contributed by atoms with Gasteiger partial charge in [-0.15, -0.1) is 0 Å². The van der Waals surface area contributed by atoms with E-state index in [1.807, 2.05) is 6.92 Å². The lowest BCUT2D eigenvalue weighted by Gasteiger charge is -2.55. The molecule has 2 N–H and O–H groups in total. The lowest BCUT2D eigenvalue weighted by atomic mass is 9.54. The third-order valence-electron chi connectivity index (χ3n) is 8.66. The number of nitrogens with zero attached hydrogens (tertiary/aromatic N) is 1. The molecular weight excluding hydrogens is 545 g/mol. The summed E-state index contributed by atoms with van der Waals surface area (Å²) < 4.78 is 26.0. The molecular formula is C31H36FN3O7. The van der Waals surface area contributed by atoms with Gasteiger partial charge >= 0.3 is 12.1 Å². The zero-order chi connectivity index (χ0) is 29.9. The molecule has 0 spiro atoms. The van der Waals surface area contributed by atoms with Crippen molar-refractivity contribution in [2.75, 3.05) is 5.32 Å². The molecule has 2 amide bonds. The minimum absolute atomic E-state index is 0.0132. The van der Waals surface area contributed by atoms with E-state index in [1.165, 1.54) is 55.7 Å². The van der Waals surface area contributed by atoms with Gasteiger partial charge < -0.3 is 20.1 Å². The van der Waals surface area contributed by atoms with E-state index in [-0.39, 0.29) is 24.2 Å². The smallest absolute Gasteiger partial charge is 0.408 e. The van der Waals surface area contributed by atoms with Gasteiger partial charge in [0.25, 0.3) is 5.69 Å². The predicted octanol–water partition coefficient (Wildman–Crippen LogP) is 6.07. The molecule has 4 aliphatic rings. The van der Waals surface area contributed by atoms with E-state index in [2.05, 4.69) is 10.6 Å². The number of esters is 1. The zero-order valence-corrected chi connectivity index (χ0v) is 23.6. The summed E-state index contributed by atoms with van der Waals surface area (Å²) in [6.45, 7) is 1.91. The molecule has 0 unspecified atom stereocenters. The van der Waals surface area contributed by atoms with Gasteiger partial charge in [0.05, 0.1) is 10.6 Å². The fourth-order valence-electron chi connectivity index (χ4n) is 7.14. The summed E-state index contributed by atoms with van der Waals surface area (Å²) >= 11 is 0. The lowest BCUT2D eigenvalue weighted by Crippen LogP contribution is -2.55. The van der Waals surface area contributed by atoms with Crippen molar-refractivity contribution in [2.45, 2.75) is 82.8 Å². The molecule has 4 bridgehead atoms. The van der Waals surface area contributed by atoms with Crippen molar-refractivity contribution in [3.8, 4) is 5.75 Å². The van der Waals surface area contributed by atoms with Crippen LogP contribution in [-0.4, -0.2) is 34.5 Å². The molecule has 0 saturated heterocycles. The standard InChI is InChI=1S/C31H36FN3O7/c1-2-3-7-27(36)41-28-24(32)5-4-6-25(28)33-29(37)26(15-19-8-10-23(11-9-19)35(39)40)34-30(38)42-31-16-20-12-21(17-31)14-22(13-20)18-31/h4-6,8-11,20-22,26H,2-3,7,12-18H2,1H3,(H,33,37)(H,34,38)/t20?,21?,22?,26-,31?/m0/s1. The Kier molecular flexibility index (Phi) is 8.74. The van der Waals surface area contributed by atoms with E-state index in [1.54, 1.807) is 0 Å². The van der Waals surface area contributed by atoms with Crippen LogP contribution in [0.5, 0.6) is 5.75 Å². The molecule has 4 fully saturated rings. The summed E-state index contributed by atoms with van der Waals surface area (Å²) in [6.07, 6.45) is 6.68. The molecule has 224 valence electrons. The number of carbonyl (C=O) groups is 3. The van der Waals surface area contributed by atoms with Crippen molar-refractivity contribution in [2.24, 2.45) is 17.8 Å². The number of alkyl carbamates (subject to hydrolysis) is 1. The maximum Gasteiger partial charge on any atom is 0.408 e. The van der Waals surface area contributed by atoms with E-state index in [0.717, 1.165) is 31.7 Å². The van der Waals surface area contributed by atoms with Gasteiger partial charge in [0, 0.05) is 25.0 Å². The Bertz CT molecular complexity index is 1310. The summed E-state index contributed by atoms with van der Waals surface area (Å²) in [5, 5.41) is 16.4. The number of halogens is 1. The molecule has 2 aromatic rings. The van der Waals surface area contributed by atoms with Crippen molar-refractivity contribution >= 4 is 29.3 Å². The summed E-state index contributed by atoms with van der Waals surface area (Å²) in [6, 6.07) is 8.38. The van der Waals surface area contributed by atoms with Crippen molar-refractivity contribution in [3.63, 3.8) is 0 Å². The molecule has 4 saturated carbocycles. The topological polar surface area (TPSA) is 137 Å². The second-order valence-electron chi connectivity index (χ2n) is 12.0. The van der Waals surface area contributed by atoms with Crippen molar-refractivity contribution in [1.82, 2.24) is 5.32 Å². The Morgan fingerprint density at radius 1 is 1.05 bits per heavy atom. The summed E-state index contributed by atoms with van der Waals surface area (Å²) in [5.74, 6) is -0.889. The lowest BCUT2D eigenvalue weighted by molar-refractivity contribution is -0.384. The van der Waals surface area contributed by atoms with Gasteiger partial charge in [0.1, 0.15) is 11.6 Å². The van der Waals surface area contributed by atoms with Gasteiger partial charge in [0.15, 0.2) is 11.6 Å². The van der Waals surface area contributed by atoms with Crippen LogP contribution in [0.15, 0.2) is 42.5 Å². The minimum Gasteiger partial charge on any atom is -0.443 e. The highest BCUT2D eigenvalue weighted by Gasteiger charge is 2.53. The SMILES string of the molecule is CCCCC(=O)Oc1c(F)cccc1NC(=O)[C@H](Cc1ccc([N+](=O)[O-])cc1)NC(=O)OC12CC3CC(CC(C3)C1)C2.